The fraction of sp³-hybridized carbons (Fsp3) is 0.0833. The van der Waals surface area contributed by atoms with Gasteiger partial charge in [-0.1, -0.05) is 0 Å². The van der Waals surface area contributed by atoms with E-state index in [9.17, 15) is 4.79 Å². The number of hydrogen-bond donors (Lipinski definition) is 1. The van der Waals surface area contributed by atoms with Crippen molar-refractivity contribution in [1.29, 1.82) is 0 Å². The Morgan fingerprint density at radius 2 is 2.22 bits per heavy atom. The quantitative estimate of drug-likeness (QED) is 0.767. The van der Waals surface area contributed by atoms with E-state index in [-0.39, 0.29) is 0 Å². The summed E-state index contributed by atoms with van der Waals surface area (Å²) in [5, 5.41) is 14.0. The number of carboxylic acid groups (broad SMARTS) is 1. The molecule has 0 aliphatic rings. The van der Waals surface area contributed by atoms with Crippen molar-refractivity contribution in [2.75, 3.05) is 0 Å². The van der Waals surface area contributed by atoms with Gasteiger partial charge in [-0.05, 0) is 6.07 Å². The third-order valence-electron chi connectivity index (χ3n) is 2.67. The van der Waals surface area contributed by atoms with Gasteiger partial charge in [-0.2, -0.15) is 5.10 Å². The van der Waals surface area contributed by atoms with Crippen LogP contribution in [0.2, 0.25) is 0 Å². The standard InChI is InChI=1S/C12H9N3O2S/c1-15-6-7(3-14-15)9-4-13-5-11-8(9)2-10(18-11)12(16)17/h2-6H,1H3,(H,16,17). The fourth-order valence-electron chi connectivity index (χ4n) is 1.86. The van der Waals surface area contributed by atoms with Gasteiger partial charge in [0.25, 0.3) is 0 Å². The molecule has 18 heavy (non-hydrogen) atoms. The van der Waals surface area contributed by atoms with Gasteiger partial charge in [0.05, 0.1) is 10.9 Å². The van der Waals surface area contributed by atoms with E-state index in [4.69, 9.17) is 5.11 Å². The van der Waals surface area contributed by atoms with E-state index in [1.165, 1.54) is 11.3 Å². The lowest BCUT2D eigenvalue weighted by Crippen LogP contribution is -1.89. The Hall–Kier alpha value is -2.21. The Morgan fingerprint density at radius 1 is 1.39 bits per heavy atom. The smallest absolute Gasteiger partial charge is 0.345 e. The van der Waals surface area contributed by atoms with Crippen LogP contribution >= 0.6 is 11.3 Å². The molecule has 3 aromatic rings. The topological polar surface area (TPSA) is 68.0 Å². The van der Waals surface area contributed by atoms with E-state index < -0.39 is 5.97 Å². The zero-order valence-corrected chi connectivity index (χ0v) is 10.3. The van der Waals surface area contributed by atoms with Crippen LogP contribution in [0.3, 0.4) is 0 Å². The Morgan fingerprint density at radius 3 is 2.89 bits per heavy atom. The van der Waals surface area contributed by atoms with Crippen molar-refractivity contribution in [3.63, 3.8) is 0 Å². The lowest BCUT2D eigenvalue weighted by Gasteiger charge is -1.97. The number of rotatable bonds is 2. The number of carbonyl (C=O) groups is 1. The molecule has 0 atom stereocenters. The minimum absolute atomic E-state index is 0.322. The minimum Gasteiger partial charge on any atom is -0.477 e. The van der Waals surface area contributed by atoms with Crippen LogP contribution in [0.1, 0.15) is 9.67 Å². The molecule has 6 heteroatoms. The number of aromatic carboxylic acids is 1. The molecule has 1 N–H and O–H groups in total. The van der Waals surface area contributed by atoms with E-state index >= 15 is 0 Å². The summed E-state index contributed by atoms with van der Waals surface area (Å²) in [5.74, 6) is -0.909. The van der Waals surface area contributed by atoms with E-state index in [0.717, 1.165) is 21.2 Å². The predicted molar refractivity (Wildman–Crippen MR) is 68.8 cm³/mol. The monoisotopic (exact) mass is 259 g/mol. The fourth-order valence-corrected chi connectivity index (χ4v) is 2.75. The van der Waals surface area contributed by atoms with E-state index in [2.05, 4.69) is 10.1 Å². The first-order valence-corrected chi connectivity index (χ1v) is 6.06. The van der Waals surface area contributed by atoms with Gasteiger partial charge in [-0.3, -0.25) is 9.67 Å². The molecule has 5 nitrogen and oxygen atoms in total. The summed E-state index contributed by atoms with van der Waals surface area (Å²) in [6.07, 6.45) is 7.05. The Labute approximate surface area is 106 Å². The van der Waals surface area contributed by atoms with Gasteiger partial charge in [0.1, 0.15) is 4.88 Å². The number of thiophene rings is 1. The third kappa shape index (κ3) is 1.67. The van der Waals surface area contributed by atoms with Gasteiger partial charge in [0.15, 0.2) is 0 Å². The molecule has 0 radical (unpaired) electrons. The maximum Gasteiger partial charge on any atom is 0.345 e. The number of fused-ring (bicyclic) bond motifs is 1. The maximum atomic E-state index is 11.0. The molecule has 0 fully saturated rings. The first-order chi connectivity index (χ1) is 8.65. The Kier molecular flexibility index (Phi) is 2.38. The molecule has 0 amide bonds. The highest BCUT2D eigenvalue weighted by molar-refractivity contribution is 7.20. The van der Waals surface area contributed by atoms with Crippen molar-refractivity contribution in [2.45, 2.75) is 0 Å². The third-order valence-corrected chi connectivity index (χ3v) is 3.73. The van der Waals surface area contributed by atoms with Crippen LogP contribution < -0.4 is 0 Å². The van der Waals surface area contributed by atoms with Crippen LogP contribution in [-0.4, -0.2) is 25.8 Å². The second-order valence-corrected chi connectivity index (χ2v) is 5.00. The van der Waals surface area contributed by atoms with Crippen molar-refractivity contribution in [1.82, 2.24) is 14.8 Å². The van der Waals surface area contributed by atoms with E-state index in [1.807, 2.05) is 13.2 Å². The zero-order chi connectivity index (χ0) is 12.7. The molecule has 0 unspecified atom stereocenters. The van der Waals surface area contributed by atoms with Crippen LogP contribution in [0, 0.1) is 0 Å². The highest BCUT2D eigenvalue weighted by Gasteiger charge is 2.13. The zero-order valence-electron chi connectivity index (χ0n) is 9.49. The average Bonchev–Trinajstić information content (AvgIpc) is 2.94. The SMILES string of the molecule is Cn1cc(-c2cncc3sc(C(=O)O)cc23)cn1. The molecule has 90 valence electrons. The van der Waals surface area contributed by atoms with Crippen LogP contribution in [0.25, 0.3) is 21.2 Å². The summed E-state index contributed by atoms with van der Waals surface area (Å²) < 4.78 is 2.58. The first kappa shape index (κ1) is 10.9. The van der Waals surface area contributed by atoms with Crippen molar-refractivity contribution in [3.05, 3.63) is 35.7 Å². The van der Waals surface area contributed by atoms with Gasteiger partial charge in [-0.25, -0.2) is 4.79 Å². The van der Waals surface area contributed by atoms with Gasteiger partial charge in [0.2, 0.25) is 0 Å². The van der Waals surface area contributed by atoms with Crippen LogP contribution in [0.5, 0.6) is 0 Å². The van der Waals surface area contributed by atoms with E-state index in [0.29, 0.717) is 4.88 Å². The largest absolute Gasteiger partial charge is 0.477 e. The van der Waals surface area contributed by atoms with Crippen molar-refractivity contribution >= 4 is 27.4 Å². The van der Waals surface area contributed by atoms with Crippen molar-refractivity contribution < 1.29 is 9.90 Å². The van der Waals surface area contributed by atoms with Gasteiger partial charge >= 0.3 is 5.97 Å². The summed E-state index contributed by atoms with van der Waals surface area (Å²) in [5.41, 5.74) is 1.84. The summed E-state index contributed by atoms with van der Waals surface area (Å²) in [6, 6.07) is 1.69. The highest BCUT2D eigenvalue weighted by atomic mass is 32.1. The molecule has 0 spiro atoms. The van der Waals surface area contributed by atoms with Gasteiger partial charge in [-0.15, -0.1) is 11.3 Å². The average molecular weight is 259 g/mol. The second-order valence-electron chi connectivity index (χ2n) is 3.92. The molecule has 0 saturated heterocycles. The summed E-state index contributed by atoms with van der Waals surface area (Å²) in [7, 11) is 1.84. The van der Waals surface area contributed by atoms with Crippen molar-refractivity contribution in [3.8, 4) is 11.1 Å². The van der Waals surface area contributed by atoms with Gasteiger partial charge < -0.3 is 5.11 Å². The number of carboxylic acids is 1. The molecule has 0 aliphatic carbocycles. The maximum absolute atomic E-state index is 11.0. The summed E-state index contributed by atoms with van der Waals surface area (Å²) in [4.78, 5) is 15.5. The van der Waals surface area contributed by atoms with Gasteiger partial charge in [0, 0.05) is 42.2 Å². The van der Waals surface area contributed by atoms with Crippen LogP contribution in [-0.2, 0) is 7.05 Å². The molecule has 0 saturated carbocycles. The minimum atomic E-state index is -0.909. The first-order valence-electron chi connectivity index (χ1n) is 5.25. The molecule has 0 bridgehead atoms. The lowest BCUT2D eigenvalue weighted by atomic mass is 10.1. The molecular weight excluding hydrogens is 250 g/mol. The number of aromatic nitrogens is 3. The highest BCUT2D eigenvalue weighted by Crippen LogP contribution is 2.32. The summed E-state index contributed by atoms with van der Waals surface area (Å²) in [6.45, 7) is 0. The Balaban J connectivity index is 2.26. The number of nitrogens with zero attached hydrogens (tertiary/aromatic N) is 3. The molecule has 3 rings (SSSR count). The molecule has 0 aromatic carbocycles. The predicted octanol–water partition coefficient (Wildman–Crippen LogP) is 2.39. The number of hydrogen-bond acceptors (Lipinski definition) is 4. The van der Waals surface area contributed by atoms with Crippen LogP contribution in [0.15, 0.2) is 30.9 Å². The molecule has 3 heterocycles. The summed E-state index contributed by atoms with van der Waals surface area (Å²) >= 11 is 1.23. The number of pyridine rings is 1. The van der Waals surface area contributed by atoms with Crippen LogP contribution in [0.4, 0.5) is 0 Å². The second kappa shape index (κ2) is 3.92. The Bertz CT molecular complexity index is 745. The molecule has 0 aliphatic heterocycles. The molecular formula is C12H9N3O2S. The van der Waals surface area contributed by atoms with Crippen molar-refractivity contribution in [2.24, 2.45) is 7.05 Å². The lowest BCUT2D eigenvalue weighted by molar-refractivity contribution is 0.0702. The molecule has 3 aromatic heterocycles. The number of aryl methyl sites for hydroxylation is 1. The normalized spacial score (nSPS) is 10.9. The van der Waals surface area contributed by atoms with E-state index in [1.54, 1.807) is 29.3 Å².